The fraction of sp³-hybridized carbons (Fsp3) is 0.769. The van der Waals surface area contributed by atoms with Gasteiger partial charge in [-0.25, -0.2) is 4.79 Å². The fourth-order valence-corrected chi connectivity index (χ4v) is 1.42. The zero-order valence-electron chi connectivity index (χ0n) is 12.3. The van der Waals surface area contributed by atoms with Crippen molar-refractivity contribution in [1.82, 2.24) is 10.6 Å². The number of carboxylic acids is 1. The molecule has 0 aliphatic heterocycles. The number of amides is 3. The molecule has 3 amide bonds. The maximum atomic E-state index is 11.5. The van der Waals surface area contributed by atoms with Crippen molar-refractivity contribution >= 4 is 17.9 Å². The molecule has 20 heavy (non-hydrogen) atoms. The molecule has 0 spiro atoms. The molecule has 0 aromatic carbocycles. The lowest BCUT2D eigenvalue weighted by Gasteiger charge is -2.24. The van der Waals surface area contributed by atoms with Crippen molar-refractivity contribution in [2.24, 2.45) is 5.41 Å². The SMILES string of the molecule is COCCC(C)(C)CNC(=O)NC(=O)CCCC(=O)O. The smallest absolute Gasteiger partial charge is 0.321 e. The number of methoxy groups -OCH3 is 1. The minimum atomic E-state index is -0.956. The van der Waals surface area contributed by atoms with Crippen LogP contribution in [0, 0.1) is 5.41 Å². The molecule has 0 fully saturated rings. The van der Waals surface area contributed by atoms with Gasteiger partial charge in [-0.1, -0.05) is 13.8 Å². The lowest BCUT2D eigenvalue weighted by molar-refractivity contribution is -0.137. The summed E-state index contributed by atoms with van der Waals surface area (Å²) < 4.78 is 4.98. The molecule has 0 aromatic heterocycles. The van der Waals surface area contributed by atoms with Crippen molar-refractivity contribution in [3.8, 4) is 0 Å². The Labute approximate surface area is 119 Å². The van der Waals surface area contributed by atoms with Crippen molar-refractivity contribution in [2.75, 3.05) is 20.3 Å². The van der Waals surface area contributed by atoms with Crippen LogP contribution < -0.4 is 10.6 Å². The molecule has 0 atom stereocenters. The lowest BCUT2D eigenvalue weighted by atomic mass is 9.90. The number of carboxylic acid groups (broad SMARTS) is 1. The van der Waals surface area contributed by atoms with Crippen LogP contribution in [-0.4, -0.2) is 43.3 Å². The highest BCUT2D eigenvalue weighted by molar-refractivity contribution is 5.94. The van der Waals surface area contributed by atoms with E-state index in [4.69, 9.17) is 9.84 Å². The lowest BCUT2D eigenvalue weighted by Crippen LogP contribution is -2.43. The van der Waals surface area contributed by atoms with Crippen molar-refractivity contribution in [2.45, 2.75) is 39.5 Å². The summed E-state index contributed by atoms with van der Waals surface area (Å²) in [5.74, 6) is -1.43. The summed E-state index contributed by atoms with van der Waals surface area (Å²) in [7, 11) is 1.62. The van der Waals surface area contributed by atoms with E-state index in [-0.39, 0.29) is 24.7 Å². The Morgan fingerprint density at radius 3 is 2.40 bits per heavy atom. The van der Waals surface area contributed by atoms with Crippen LogP contribution in [0.1, 0.15) is 39.5 Å². The van der Waals surface area contributed by atoms with Gasteiger partial charge in [-0.05, 0) is 18.3 Å². The molecule has 0 bridgehead atoms. The van der Waals surface area contributed by atoms with E-state index >= 15 is 0 Å². The van der Waals surface area contributed by atoms with E-state index < -0.39 is 17.9 Å². The van der Waals surface area contributed by atoms with Crippen molar-refractivity contribution in [1.29, 1.82) is 0 Å². The molecule has 0 aliphatic carbocycles. The molecule has 3 N–H and O–H groups in total. The van der Waals surface area contributed by atoms with E-state index in [9.17, 15) is 14.4 Å². The van der Waals surface area contributed by atoms with Crippen LogP contribution in [0.2, 0.25) is 0 Å². The molecule has 116 valence electrons. The molecule has 0 aromatic rings. The number of nitrogens with one attached hydrogen (secondary N) is 2. The fourth-order valence-electron chi connectivity index (χ4n) is 1.42. The highest BCUT2D eigenvalue weighted by atomic mass is 16.5. The first-order valence-electron chi connectivity index (χ1n) is 6.55. The highest BCUT2D eigenvalue weighted by Crippen LogP contribution is 2.18. The van der Waals surface area contributed by atoms with Crippen molar-refractivity contribution in [3.05, 3.63) is 0 Å². The largest absolute Gasteiger partial charge is 0.481 e. The van der Waals surface area contributed by atoms with Gasteiger partial charge in [-0.2, -0.15) is 0 Å². The quantitative estimate of drug-likeness (QED) is 0.590. The Morgan fingerprint density at radius 1 is 1.20 bits per heavy atom. The van der Waals surface area contributed by atoms with Gasteiger partial charge in [0.2, 0.25) is 5.91 Å². The second kappa shape index (κ2) is 9.30. The molecule has 0 aliphatic rings. The first kappa shape index (κ1) is 18.4. The Hall–Kier alpha value is -1.63. The summed E-state index contributed by atoms with van der Waals surface area (Å²) in [5.41, 5.74) is -0.125. The topological polar surface area (TPSA) is 105 Å². The molecule has 0 unspecified atom stereocenters. The zero-order valence-corrected chi connectivity index (χ0v) is 12.3. The molecule has 0 saturated heterocycles. The second-order valence-electron chi connectivity index (χ2n) is 5.39. The van der Waals surface area contributed by atoms with Gasteiger partial charge in [0.05, 0.1) is 0 Å². The van der Waals surface area contributed by atoms with Crippen LogP contribution in [0.5, 0.6) is 0 Å². The summed E-state index contributed by atoms with van der Waals surface area (Å²) >= 11 is 0. The number of ether oxygens (including phenoxy) is 1. The third-order valence-corrected chi connectivity index (χ3v) is 2.76. The van der Waals surface area contributed by atoms with Gasteiger partial charge in [-0.15, -0.1) is 0 Å². The number of carbonyl (C=O) groups excluding carboxylic acids is 2. The third-order valence-electron chi connectivity index (χ3n) is 2.76. The van der Waals surface area contributed by atoms with Gasteiger partial charge >= 0.3 is 12.0 Å². The maximum Gasteiger partial charge on any atom is 0.321 e. The Bertz CT molecular complexity index is 342. The predicted octanol–water partition coefficient (Wildman–Crippen LogP) is 1.13. The summed E-state index contributed by atoms with van der Waals surface area (Å²) in [6.45, 7) is 5.00. The maximum absolute atomic E-state index is 11.5. The minimum absolute atomic E-state index is 0.0206. The number of hydrogen-bond donors (Lipinski definition) is 3. The van der Waals surface area contributed by atoms with E-state index in [1.165, 1.54) is 0 Å². The molecule has 7 nitrogen and oxygen atoms in total. The average molecular weight is 288 g/mol. The van der Waals surface area contributed by atoms with Gasteiger partial charge in [0.15, 0.2) is 0 Å². The van der Waals surface area contributed by atoms with Crippen LogP contribution in [0.25, 0.3) is 0 Å². The van der Waals surface area contributed by atoms with Gasteiger partial charge in [0.25, 0.3) is 0 Å². The van der Waals surface area contributed by atoms with Gasteiger partial charge in [0, 0.05) is 33.1 Å². The molecular weight excluding hydrogens is 264 g/mol. The van der Waals surface area contributed by atoms with Crippen LogP contribution in [0.15, 0.2) is 0 Å². The van der Waals surface area contributed by atoms with Gasteiger partial charge in [0.1, 0.15) is 0 Å². The zero-order chi connectivity index (χ0) is 15.6. The molecule has 0 saturated carbocycles. The number of carbonyl (C=O) groups is 3. The first-order valence-corrected chi connectivity index (χ1v) is 6.55. The first-order chi connectivity index (χ1) is 9.26. The van der Waals surface area contributed by atoms with E-state index in [2.05, 4.69) is 10.6 Å². The Kier molecular flexibility index (Phi) is 8.54. The second-order valence-corrected chi connectivity index (χ2v) is 5.39. The van der Waals surface area contributed by atoms with E-state index in [0.29, 0.717) is 13.2 Å². The Morgan fingerprint density at radius 2 is 1.85 bits per heavy atom. The summed E-state index contributed by atoms with van der Waals surface area (Å²) in [5, 5.41) is 13.2. The molecular formula is C13H24N2O5. The average Bonchev–Trinajstić information content (AvgIpc) is 2.34. The van der Waals surface area contributed by atoms with E-state index in [1.54, 1.807) is 7.11 Å². The van der Waals surface area contributed by atoms with Crippen molar-refractivity contribution in [3.63, 3.8) is 0 Å². The van der Waals surface area contributed by atoms with E-state index in [0.717, 1.165) is 6.42 Å². The number of imide groups is 1. The summed E-state index contributed by atoms with van der Waals surface area (Å²) in [6.07, 6.45) is 0.940. The molecule has 7 heteroatoms. The number of rotatable bonds is 9. The number of aliphatic carboxylic acids is 1. The van der Waals surface area contributed by atoms with Crippen LogP contribution in [0.3, 0.4) is 0 Å². The standard InChI is InChI=1S/C13H24N2O5/c1-13(2,7-8-20-3)9-14-12(19)15-10(16)5-4-6-11(17)18/h4-9H2,1-3H3,(H,17,18)(H2,14,15,16,19). The highest BCUT2D eigenvalue weighted by Gasteiger charge is 2.19. The van der Waals surface area contributed by atoms with Crippen LogP contribution in [0.4, 0.5) is 4.79 Å². The number of hydrogen-bond acceptors (Lipinski definition) is 4. The number of urea groups is 1. The monoisotopic (exact) mass is 288 g/mol. The Balaban J connectivity index is 3.87. The molecule has 0 radical (unpaired) electrons. The predicted molar refractivity (Wildman–Crippen MR) is 73.3 cm³/mol. The molecule has 0 heterocycles. The normalized spacial score (nSPS) is 10.9. The minimum Gasteiger partial charge on any atom is -0.481 e. The third kappa shape index (κ3) is 10.3. The molecule has 0 rings (SSSR count). The summed E-state index contributed by atoms with van der Waals surface area (Å²) in [6, 6.07) is -0.559. The van der Waals surface area contributed by atoms with Crippen LogP contribution >= 0.6 is 0 Å². The summed E-state index contributed by atoms with van der Waals surface area (Å²) in [4.78, 5) is 33.1. The van der Waals surface area contributed by atoms with Gasteiger partial charge in [-0.3, -0.25) is 14.9 Å². The van der Waals surface area contributed by atoms with E-state index in [1.807, 2.05) is 13.8 Å². The van der Waals surface area contributed by atoms with Gasteiger partial charge < -0.3 is 15.2 Å². The van der Waals surface area contributed by atoms with Crippen molar-refractivity contribution < 1.29 is 24.2 Å². The van der Waals surface area contributed by atoms with Crippen LogP contribution in [-0.2, 0) is 14.3 Å².